The van der Waals surface area contributed by atoms with Gasteiger partial charge in [-0.15, -0.1) is 24.0 Å². The molecule has 0 saturated carbocycles. The van der Waals surface area contributed by atoms with E-state index >= 15 is 0 Å². The van der Waals surface area contributed by atoms with E-state index in [1.165, 1.54) is 11.1 Å². The SMILES string of the molecule is CC(C)c1cccc(C(C)C)c1NC(=O)c1ccccc1.I. The quantitative estimate of drug-likeness (QED) is 0.635. The number of amides is 1. The van der Waals surface area contributed by atoms with Crippen molar-refractivity contribution in [3.8, 4) is 0 Å². The van der Waals surface area contributed by atoms with Crippen LogP contribution < -0.4 is 5.32 Å². The minimum absolute atomic E-state index is 0. The van der Waals surface area contributed by atoms with E-state index in [0.717, 1.165) is 5.69 Å². The molecular weight excluding hydrogens is 385 g/mol. The molecule has 1 amide bonds. The van der Waals surface area contributed by atoms with Gasteiger partial charge >= 0.3 is 0 Å². The lowest BCUT2D eigenvalue weighted by molar-refractivity contribution is 0.102. The molecule has 0 radical (unpaired) electrons. The molecule has 3 heteroatoms. The van der Waals surface area contributed by atoms with Crippen LogP contribution in [0.3, 0.4) is 0 Å². The fourth-order valence-corrected chi connectivity index (χ4v) is 2.47. The fourth-order valence-electron chi connectivity index (χ4n) is 2.47. The first-order chi connectivity index (χ1) is 10.0. The second-order valence-corrected chi connectivity index (χ2v) is 5.94. The number of hydrogen-bond acceptors (Lipinski definition) is 1. The number of carbonyl (C=O) groups is 1. The monoisotopic (exact) mass is 409 g/mol. The van der Waals surface area contributed by atoms with Crippen LogP contribution in [-0.2, 0) is 0 Å². The smallest absolute Gasteiger partial charge is 0.255 e. The van der Waals surface area contributed by atoms with Crippen molar-refractivity contribution in [3.63, 3.8) is 0 Å². The van der Waals surface area contributed by atoms with E-state index < -0.39 is 0 Å². The molecule has 0 atom stereocenters. The molecule has 0 aromatic heterocycles. The maximum Gasteiger partial charge on any atom is 0.255 e. The van der Waals surface area contributed by atoms with Crippen molar-refractivity contribution < 1.29 is 4.79 Å². The lowest BCUT2D eigenvalue weighted by Crippen LogP contribution is -2.15. The molecule has 2 nitrogen and oxygen atoms in total. The number of carbonyl (C=O) groups excluding carboxylic acids is 1. The first-order valence-electron chi connectivity index (χ1n) is 7.50. The lowest BCUT2D eigenvalue weighted by atomic mass is 9.92. The molecule has 1 N–H and O–H groups in total. The highest BCUT2D eigenvalue weighted by Gasteiger charge is 2.16. The second-order valence-electron chi connectivity index (χ2n) is 5.94. The number of anilines is 1. The third-order valence-electron chi connectivity index (χ3n) is 3.65. The molecule has 2 aromatic rings. The molecule has 0 spiro atoms. The largest absolute Gasteiger partial charge is 0.321 e. The van der Waals surface area contributed by atoms with E-state index in [9.17, 15) is 4.79 Å². The van der Waals surface area contributed by atoms with E-state index in [2.05, 4.69) is 51.2 Å². The first kappa shape index (κ1) is 18.7. The molecule has 0 bridgehead atoms. The van der Waals surface area contributed by atoms with Gasteiger partial charge in [0, 0.05) is 11.3 Å². The molecule has 0 unspecified atom stereocenters. The summed E-state index contributed by atoms with van der Waals surface area (Å²) in [6.07, 6.45) is 0. The Labute approximate surface area is 150 Å². The summed E-state index contributed by atoms with van der Waals surface area (Å²) in [5.74, 6) is 0.690. The molecule has 0 aliphatic heterocycles. The zero-order valence-corrected chi connectivity index (χ0v) is 15.9. The van der Waals surface area contributed by atoms with Crippen LogP contribution in [0.25, 0.3) is 0 Å². The van der Waals surface area contributed by atoms with Crippen LogP contribution in [0.1, 0.15) is 61.0 Å². The number of halogens is 1. The average Bonchev–Trinajstić information content (AvgIpc) is 2.47. The highest BCUT2D eigenvalue weighted by molar-refractivity contribution is 14.0. The van der Waals surface area contributed by atoms with Crippen molar-refractivity contribution >= 4 is 35.6 Å². The zero-order valence-electron chi connectivity index (χ0n) is 13.6. The molecule has 0 fully saturated rings. The summed E-state index contributed by atoms with van der Waals surface area (Å²) in [6.45, 7) is 8.60. The van der Waals surface area contributed by atoms with E-state index in [0.29, 0.717) is 17.4 Å². The summed E-state index contributed by atoms with van der Waals surface area (Å²) >= 11 is 0. The molecule has 0 heterocycles. The lowest BCUT2D eigenvalue weighted by Gasteiger charge is -2.20. The summed E-state index contributed by atoms with van der Waals surface area (Å²) in [7, 11) is 0. The summed E-state index contributed by atoms with van der Waals surface area (Å²) in [4.78, 5) is 12.5. The summed E-state index contributed by atoms with van der Waals surface area (Å²) in [6, 6.07) is 15.6. The summed E-state index contributed by atoms with van der Waals surface area (Å²) in [5.41, 5.74) is 4.03. The van der Waals surface area contributed by atoms with Crippen molar-refractivity contribution in [3.05, 3.63) is 65.2 Å². The van der Waals surface area contributed by atoms with Gasteiger partial charge in [-0.2, -0.15) is 0 Å². The van der Waals surface area contributed by atoms with Gasteiger partial charge in [-0.3, -0.25) is 4.79 Å². The maximum absolute atomic E-state index is 12.5. The summed E-state index contributed by atoms with van der Waals surface area (Å²) < 4.78 is 0. The first-order valence-corrected chi connectivity index (χ1v) is 7.50. The third-order valence-corrected chi connectivity index (χ3v) is 3.65. The van der Waals surface area contributed by atoms with Crippen molar-refractivity contribution in [1.29, 1.82) is 0 Å². The molecule has 2 aromatic carbocycles. The van der Waals surface area contributed by atoms with Crippen LogP contribution in [0.5, 0.6) is 0 Å². The molecule has 2 rings (SSSR count). The van der Waals surface area contributed by atoms with Gasteiger partial charge in [0.25, 0.3) is 5.91 Å². The molecular formula is C19H24INO. The van der Waals surface area contributed by atoms with Gasteiger partial charge in [-0.1, -0.05) is 64.1 Å². The normalized spacial score (nSPS) is 10.5. The standard InChI is InChI=1S/C19H23NO.HI/c1-13(2)16-11-8-12-17(14(3)4)18(16)20-19(21)15-9-6-5-7-10-15;/h5-14H,1-4H3,(H,20,21);1H. The van der Waals surface area contributed by atoms with E-state index in [-0.39, 0.29) is 29.9 Å². The van der Waals surface area contributed by atoms with Gasteiger partial charge in [0.05, 0.1) is 0 Å². The average molecular weight is 409 g/mol. The van der Waals surface area contributed by atoms with Crippen molar-refractivity contribution in [2.45, 2.75) is 39.5 Å². The highest BCUT2D eigenvalue weighted by Crippen LogP contribution is 2.32. The Morgan fingerprint density at radius 1 is 0.818 bits per heavy atom. The number of benzene rings is 2. The predicted octanol–water partition coefficient (Wildman–Crippen LogP) is 5.80. The second kappa shape index (κ2) is 8.32. The molecule has 0 aliphatic rings. The number of para-hydroxylation sites is 1. The van der Waals surface area contributed by atoms with Crippen molar-refractivity contribution in [2.24, 2.45) is 0 Å². The number of rotatable bonds is 4. The Morgan fingerprint density at radius 2 is 1.32 bits per heavy atom. The fraction of sp³-hybridized carbons (Fsp3) is 0.316. The van der Waals surface area contributed by atoms with Crippen LogP contribution in [0.15, 0.2) is 48.5 Å². The van der Waals surface area contributed by atoms with Gasteiger partial charge in [-0.25, -0.2) is 0 Å². The Hall–Kier alpha value is -1.36. The minimum atomic E-state index is -0.0504. The number of hydrogen-bond donors (Lipinski definition) is 1. The molecule has 22 heavy (non-hydrogen) atoms. The van der Waals surface area contributed by atoms with Gasteiger partial charge in [-0.05, 0) is 35.1 Å². The van der Waals surface area contributed by atoms with Crippen LogP contribution >= 0.6 is 24.0 Å². The number of nitrogens with one attached hydrogen (secondary N) is 1. The van der Waals surface area contributed by atoms with Crippen LogP contribution in [0.4, 0.5) is 5.69 Å². The van der Waals surface area contributed by atoms with E-state index in [1.807, 2.05) is 30.3 Å². The van der Waals surface area contributed by atoms with Crippen LogP contribution in [0.2, 0.25) is 0 Å². The van der Waals surface area contributed by atoms with Crippen LogP contribution in [-0.4, -0.2) is 5.91 Å². The van der Waals surface area contributed by atoms with E-state index in [1.54, 1.807) is 0 Å². The molecule has 0 saturated heterocycles. The Morgan fingerprint density at radius 3 is 1.77 bits per heavy atom. The van der Waals surface area contributed by atoms with Gasteiger partial charge < -0.3 is 5.32 Å². The zero-order chi connectivity index (χ0) is 15.4. The van der Waals surface area contributed by atoms with Gasteiger partial charge in [0.2, 0.25) is 0 Å². The highest BCUT2D eigenvalue weighted by atomic mass is 127. The summed E-state index contributed by atoms with van der Waals surface area (Å²) in [5, 5.41) is 3.12. The predicted molar refractivity (Wildman–Crippen MR) is 104 cm³/mol. The topological polar surface area (TPSA) is 29.1 Å². The van der Waals surface area contributed by atoms with E-state index in [4.69, 9.17) is 0 Å². The third kappa shape index (κ3) is 4.32. The van der Waals surface area contributed by atoms with Crippen LogP contribution in [0, 0.1) is 0 Å². The van der Waals surface area contributed by atoms with Crippen molar-refractivity contribution in [1.82, 2.24) is 0 Å². The maximum atomic E-state index is 12.5. The Balaban J connectivity index is 0.00000242. The minimum Gasteiger partial charge on any atom is -0.321 e. The molecule has 118 valence electrons. The Kier molecular flexibility index (Phi) is 7.07. The molecule has 0 aliphatic carbocycles. The van der Waals surface area contributed by atoms with Gasteiger partial charge in [0.15, 0.2) is 0 Å². The van der Waals surface area contributed by atoms with Crippen molar-refractivity contribution in [2.75, 3.05) is 5.32 Å². The Bertz CT molecular complexity index is 594. The van der Waals surface area contributed by atoms with Gasteiger partial charge in [0.1, 0.15) is 0 Å².